The van der Waals surface area contributed by atoms with Gasteiger partial charge in [-0.05, 0) is 30.5 Å². The van der Waals surface area contributed by atoms with Crippen molar-refractivity contribution in [2.45, 2.75) is 11.4 Å². The van der Waals surface area contributed by atoms with Gasteiger partial charge in [0.25, 0.3) is 5.91 Å². The van der Waals surface area contributed by atoms with Crippen LogP contribution in [0.5, 0.6) is 11.5 Å². The van der Waals surface area contributed by atoms with Gasteiger partial charge in [0.05, 0.1) is 29.3 Å². The van der Waals surface area contributed by atoms with E-state index >= 15 is 0 Å². The van der Waals surface area contributed by atoms with Crippen LogP contribution in [0, 0.1) is 0 Å². The van der Waals surface area contributed by atoms with E-state index in [2.05, 4.69) is 4.99 Å². The van der Waals surface area contributed by atoms with Gasteiger partial charge in [-0.15, -0.1) is 0 Å². The Morgan fingerprint density at radius 1 is 1.12 bits per heavy atom. The standard InChI is InChI=1S/C21H25N3O5S3/c1-23(2)32(26,27)15-8-6-14(7-9-15)20(25)22-21-24(10-11-30-5)16-12-17(28-3)18(29-4)13-19(16)31-21/h6-9,12-13H,10-11H2,1-5H3. The molecule has 0 unspecified atom stereocenters. The van der Waals surface area contributed by atoms with Gasteiger partial charge >= 0.3 is 0 Å². The van der Waals surface area contributed by atoms with E-state index in [-0.39, 0.29) is 4.90 Å². The molecule has 0 radical (unpaired) electrons. The zero-order valence-corrected chi connectivity index (χ0v) is 20.9. The maximum atomic E-state index is 12.9. The van der Waals surface area contributed by atoms with E-state index in [9.17, 15) is 13.2 Å². The number of hydrogen-bond acceptors (Lipinski definition) is 7. The number of fused-ring (bicyclic) bond motifs is 1. The van der Waals surface area contributed by atoms with Gasteiger partial charge in [-0.25, -0.2) is 12.7 Å². The number of hydrogen-bond donors (Lipinski definition) is 0. The number of benzene rings is 2. The monoisotopic (exact) mass is 495 g/mol. The Balaban J connectivity index is 2.07. The number of carbonyl (C=O) groups is 1. The van der Waals surface area contributed by atoms with E-state index in [0.717, 1.165) is 20.3 Å². The van der Waals surface area contributed by atoms with E-state index in [1.54, 1.807) is 26.0 Å². The number of carbonyl (C=O) groups excluding carboxylic acids is 1. The fourth-order valence-electron chi connectivity index (χ4n) is 3.01. The summed E-state index contributed by atoms with van der Waals surface area (Å²) in [6.07, 6.45) is 2.02. The van der Waals surface area contributed by atoms with Gasteiger partial charge < -0.3 is 14.0 Å². The van der Waals surface area contributed by atoms with Gasteiger partial charge in [-0.1, -0.05) is 11.3 Å². The fourth-order valence-corrected chi connectivity index (χ4v) is 5.34. The quantitative estimate of drug-likeness (QED) is 0.477. The minimum absolute atomic E-state index is 0.120. The Morgan fingerprint density at radius 3 is 2.31 bits per heavy atom. The number of sulfonamides is 1. The first kappa shape index (κ1) is 24.3. The number of aromatic nitrogens is 1. The Hall–Kier alpha value is -2.34. The summed E-state index contributed by atoms with van der Waals surface area (Å²) in [5.74, 6) is 1.61. The fraction of sp³-hybridized carbons (Fsp3) is 0.333. The van der Waals surface area contributed by atoms with Crippen molar-refractivity contribution in [3.05, 3.63) is 46.8 Å². The molecule has 0 aliphatic rings. The summed E-state index contributed by atoms with van der Waals surface area (Å²) in [7, 11) is 2.52. The van der Waals surface area contributed by atoms with E-state index in [1.165, 1.54) is 49.7 Å². The molecule has 0 N–H and O–H groups in total. The van der Waals surface area contributed by atoms with Crippen molar-refractivity contribution >= 4 is 49.2 Å². The third-order valence-corrected chi connectivity index (χ3v) is 8.25. The number of aryl methyl sites for hydroxylation is 1. The molecule has 172 valence electrons. The molecule has 0 aliphatic heterocycles. The SMILES string of the molecule is COc1cc2sc(=NC(=O)c3ccc(S(=O)(=O)N(C)C)cc3)n(CCSC)c2cc1OC. The molecule has 0 atom stereocenters. The highest BCUT2D eigenvalue weighted by atomic mass is 32.2. The van der Waals surface area contributed by atoms with Crippen LogP contribution >= 0.6 is 23.1 Å². The second-order valence-corrected chi connectivity index (χ2v) is 11.1. The molecule has 0 saturated heterocycles. The van der Waals surface area contributed by atoms with Crippen molar-refractivity contribution in [3.63, 3.8) is 0 Å². The van der Waals surface area contributed by atoms with Crippen LogP contribution in [0.1, 0.15) is 10.4 Å². The van der Waals surface area contributed by atoms with Gasteiger partial charge in [0.1, 0.15) is 0 Å². The van der Waals surface area contributed by atoms with Crippen LogP contribution in [0.25, 0.3) is 10.2 Å². The number of nitrogens with zero attached hydrogens (tertiary/aromatic N) is 3. The highest BCUT2D eigenvalue weighted by Gasteiger charge is 2.18. The third-order valence-electron chi connectivity index (χ3n) is 4.78. The molecule has 3 aromatic rings. The average Bonchev–Trinajstić information content (AvgIpc) is 3.12. The molecule has 1 heterocycles. The number of rotatable bonds is 8. The van der Waals surface area contributed by atoms with Crippen LogP contribution in [-0.4, -0.2) is 63.5 Å². The molecule has 0 aliphatic carbocycles. The molecule has 0 spiro atoms. The lowest BCUT2D eigenvalue weighted by molar-refractivity contribution is 0.0997. The molecule has 0 bridgehead atoms. The first-order valence-electron chi connectivity index (χ1n) is 9.59. The second kappa shape index (κ2) is 10.1. The van der Waals surface area contributed by atoms with E-state index in [1.807, 2.05) is 23.0 Å². The van der Waals surface area contributed by atoms with Crippen LogP contribution in [-0.2, 0) is 16.6 Å². The largest absolute Gasteiger partial charge is 0.493 e. The number of methoxy groups -OCH3 is 2. The number of amides is 1. The third kappa shape index (κ3) is 4.85. The lowest BCUT2D eigenvalue weighted by Gasteiger charge is -2.11. The van der Waals surface area contributed by atoms with Crippen LogP contribution in [0.2, 0.25) is 0 Å². The second-order valence-electron chi connectivity index (χ2n) is 6.93. The predicted octanol–water partition coefficient (Wildman–Crippen LogP) is 3.07. The molecule has 1 aromatic heterocycles. The van der Waals surface area contributed by atoms with Gasteiger partial charge in [-0.2, -0.15) is 16.8 Å². The minimum Gasteiger partial charge on any atom is -0.493 e. The van der Waals surface area contributed by atoms with Crippen LogP contribution < -0.4 is 14.3 Å². The van der Waals surface area contributed by atoms with Crippen molar-refractivity contribution in [2.75, 3.05) is 40.3 Å². The van der Waals surface area contributed by atoms with Crippen molar-refractivity contribution in [1.82, 2.24) is 8.87 Å². The molecular weight excluding hydrogens is 470 g/mol. The summed E-state index contributed by atoms with van der Waals surface area (Å²) in [6.45, 7) is 0.669. The van der Waals surface area contributed by atoms with Gasteiger partial charge in [-0.3, -0.25) is 4.79 Å². The van der Waals surface area contributed by atoms with Crippen molar-refractivity contribution < 1.29 is 22.7 Å². The zero-order valence-electron chi connectivity index (χ0n) is 18.5. The molecule has 0 fully saturated rings. The average molecular weight is 496 g/mol. The van der Waals surface area contributed by atoms with Gasteiger partial charge in [0.2, 0.25) is 10.0 Å². The van der Waals surface area contributed by atoms with Gasteiger partial charge in [0, 0.05) is 44.1 Å². The van der Waals surface area contributed by atoms with Crippen molar-refractivity contribution in [2.24, 2.45) is 4.99 Å². The topological polar surface area (TPSA) is 90.2 Å². The molecule has 8 nitrogen and oxygen atoms in total. The Labute approximate surface area is 195 Å². The summed E-state index contributed by atoms with van der Waals surface area (Å²) in [6, 6.07) is 9.55. The summed E-state index contributed by atoms with van der Waals surface area (Å²) in [4.78, 5) is 17.9. The Bertz CT molecular complexity index is 1290. The van der Waals surface area contributed by atoms with Crippen molar-refractivity contribution in [3.8, 4) is 11.5 Å². The minimum atomic E-state index is -3.56. The Morgan fingerprint density at radius 2 is 1.75 bits per heavy atom. The van der Waals surface area contributed by atoms with E-state index in [0.29, 0.717) is 28.4 Å². The summed E-state index contributed by atoms with van der Waals surface area (Å²) in [5.41, 5.74) is 1.22. The zero-order chi connectivity index (χ0) is 23.5. The predicted molar refractivity (Wildman–Crippen MR) is 129 cm³/mol. The maximum absolute atomic E-state index is 12.9. The highest BCUT2D eigenvalue weighted by molar-refractivity contribution is 7.98. The lowest BCUT2D eigenvalue weighted by atomic mass is 10.2. The molecule has 0 saturated carbocycles. The van der Waals surface area contributed by atoms with Crippen LogP contribution in [0.3, 0.4) is 0 Å². The molecular formula is C21H25N3O5S3. The molecule has 1 amide bonds. The van der Waals surface area contributed by atoms with Crippen LogP contribution in [0.4, 0.5) is 0 Å². The molecule has 3 rings (SSSR count). The highest BCUT2D eigenvalue weighted by Crippen LogP contribution is 2.33. The smallest absolute Gasteiger partial charge is 0.279 e. The molecule has 32 heavy (non-hydrogen) atoms. The summed E-state index contributed by atoms with van der Waals surface area (Å²) >= 11 is 3.08. The van der Waals surface area contributed by atoms with E-state index in [4.69, 9.17) is 9.47 Å². The van der Waals surface area contributed by atoms with E-state index < -0.39 is 15.9 Å². The summed E-state index contributed by atoms with van der Waals surface area (Å²) < 4.78 is 39.4. The number of thioether (sulfide) groups is 1. The first-order chi connectivity index (χ1) is 15.2. The normalized spacial score (nSPS) is 12.5. The number of thiazole rings is 1. The van der Waals surface area contributed by atoms with Crippen LogP contribution in [0.15, 0.2) is 46.3 Å². The maximum Gasteiger partial charge on any atom is 0.279 e. The molecule has 2 aromatic carbocycles. The first-order valence-corrected chi connectivity index (χ1v) is 13.2. The lowest BCUT2D eigenvalue weighted by Crippen LogP contribution is -2.22. The summed E-state index contributed by atoms with van der Waals surface area (Å²) in [5, 5.41) is 0. The number of ether oxygens (including phenoxy) is 2. The van der Waals surface area contributed by atoms with Gasteiger partial charge in [0.15, 0.2) is 16.3 Å². The Kier molecular flexibility index (Phi) is 7.65. The molecule has 11 heteroatoms. The van der Waals surface area contributed by atoms with Crippen molar-refractivity contribution in [1.29, 1.82) is 0 Å².